The minimum atomic E-state index is 0.00926. The van der Waals surface area contributed by atoms with E-state index in [9.17, 15) is 0 Å². The molecule has 0 spiro atoms. The van der Waals surface area contributed by atoms with Crippen molar-refractivity contribution in [1.29, 1.82) is 0 Å². The molecule has 2 N–H and O–H groups in total. The number of hydrogen-bond donors (Lipinski definition) is 2. The van der Waals surface area contributed by atoms with E-state index in [-0.39, 0.29) is 6.10 Å². The lowest BCUT2D eigenvalue weighted by Gasteiger charge is -1.90. The topological polar surface area (TPSA) is 40.5 Å². The van der Waals surface area contributed by atoms with Gasteiger partial charge >= 0.3 is 0 Å². The lowest BCUT2D eigenvalue weighted by molar-refractivity contribution is 0.203. The molecular formula is C5H12O2S. The van der Waals surface area contributed by atoms with Gasteiger partial charge in [-0.15, -0.1) is 0 Å². The molecule has 1 unspecified atom stereocenters. The van der Waals surface area contributed by atoms with Gasteiger partial charge in [-0.3, -0.25) is 0 Å². The second kappa shape index (κ2) is 5.41. The van der Waals surface area contributed by atoms with E-state index in [0.717, 1.165) is 25.0 Å². The molecule has 0 aliphatic carbocycles. The average Bonchev–Trinajstić information content (AvgIpc) is 2.24. The van der Waals surface area contributed by atoms with E-state index in [1.54, 1.807) is 0 Å². The largest absolute Gasteiger partial charge is 0.400 e. The maximum atomic E-state index is 8.71. The van der Waals surface area contributed by atoms with Crippen LogP contribution in [0.15, 0.2) is 0 Å². The number of aliphatic hydroxyl groups excluding tert-OH is 2. The van der Waals surface area contributed by atoms with Crippen molar-refractivity contribution in [2.45, 2.75) is 12.5 Å². The molecule has 1 heterocycles. The summed E-state index contributed by atoms with van der Waals surface area (Å²) in [6.45, 7) is 0. The van der Waals surface area contributed by atoms with Crippen molar-refractivity contribution in [3.63, 3.8) is 0 Å². The van der Waals surface area contributed by atoms with Gasteiger partial charge in [0.15, 0.2) is 0 Å². The predicted molar refractivity (Wildman–Crippen MR) is 36.1 cm³/mol. The summed E-state index contributed by atoms with van der Waals surface area (Å²) < 4.78 is 0. The third kappa shape index (κ3) is 3.29. The van der Waals surface area contributed by atoms with Crippen LogP contribution in [-0.4, -0.2) is 34.9 Å². The van der Waals surface area contributed by atoms with Crippen LogP contribution in [-0.2, 0) is 0 Å². The first-order chi connectivity index (χ1) is 3.89. The Bertz CT molecular complexity index is 43.7. The van der Waals surface area contributed by atoms with E-state index in [4.69, 9.17) is 10.2 Å². The second-order valence-electron chi connectivity index (χ2n) is 1.52. The second-order valence-corrected chi connectivity index (χ2v) is 2.67. The maximum Gasteiger partial charge on any atom is 0.0638 e. The maximum absolute atomic E-state index is 8.71. The Hall–Kier alpha value is 0.270. The highest BCUT2D eigenvalue weighted by molar-refractivity contribution is 7.99. The fraction of sp³-hybridized carbons (Fsp3) is 1.00. The first-order valence-corrected chi connectivity index (χ1v) is 3.75. The molecule has 0 aromatic rings. The zero-order valence-corrected chi connectivity index (χ0v) is 5.82. The molecule has 1 fully saturated rings. The molecule has 3 heteroatoms. The number of hydrogen-bond acceptors (Lipinski definition) is 3. The van der Waals surface area contributed by atoms with Crippen LogP contribution in [0.2, 0.25) is 0 Å². The Kier molecular flexibility index (Phi) is 5.59. The quantitative estimate of drug-likeness (QED) is 0.496. The highest BCUT2D eigenvalue weighted by atomic mass is 32.2. The monoisotopic (exact) mass is 136 g/mol. The van der Waals surface area contributed by atoms with Gasteiger partial charge in [-0.2, -0.15) is 11.8 Å². The van der Waals surface area contributed by atoms with Gasteiger partial charge in [0, 0.05) is 12.9 Å². The lowest BCUT2D eigenvalue weighted by atomic mass is 10.3. The van der Waals surface area contributed by atoms with Crippen molar-refractivity contribution in [2.75, 3.05) is 18.6 Å². The van der Waals surface area contributed by atoms with Crippen LogP contribution in [0.1, 0.15) is 6.42 Å². The first kappa shape index (κ1) is 8.27. The molecular weight excluding hydrogens is 124 g/mol. The summed E-state index contributed by atoms with van der Waals surface area (Å²) >= 11 is 1.83. The number of thioether (sulfide) groups is 1. The molecule has 1 atom stereocenters. The molecule has 0 amide bonds. The minimum Gasteiger partial charge on any atom is -0.400 e. The number of rotatable bonds is 0. The van der Waals surface area contributed by atoms with Gasteiger partial charge in [0.1, 0.15) is 0 Å². The Labute approximate surface area is 53.9 Å². The summed E-state index contributed by atoms with van der Waals surface area (Å²) in [6, 6.07) is 0. The van der Waals surface area contributed by atoms with Gasteiger partial charge in [-0.25, -0.2) is 0 Å². The summed E-state index contributed by atoms with van der Waals surface area (Å²) in [7, 11) is 1.00. The highest BCUT2D eigenvalue weighted by Crippen LogP contribution is 2.15. The molecule has 2 nitrogen and oxygen atoms in total. The average molecular weight is 136 g/mol. The van der Waals surface area contributed by atoms with Gasteiger partial charge in [0.05, 0.1) is 6.10 Å². The summed E-state index contributed by atoms with van der Waals surface area (Å²) in [5.41, 5.74) is 0. The van der Waals surface area contributed by atoms with Crippen molar-refractivity contribution < 1.29 is 10.2 Å². The van der Waals surface area contributed by atoms with Crippen LogP contribution in [0, 0.1) is 0 Å². The Morgan fingerprint density at radius 3 is 2.25 bits per heavy atom. The predicted octanol–water partition coefficient (Wildman–Crippen LogP) is 0.0927. The SMILES string of the molecule is CO.OC1CCSC1. The normalized spacial score (nSPS) is 26.6. The number of aliphatic hydroxyl groups is 2. The molecule has 1 aliphatic heterocycles. The van der Waals surface area contributed by atoms with Crippen LogP contribution in [0.4, 0.5) is 0 Å². The van der Waals surface area contributed by atoms with Gasteiger partial charge in [0.25, 0.3) is 0 Å². The minimum absolute atomic E-state index is 0.00926. The van der Waals surface area contributed by atoms with Gasteiger partial charge in [-0.1, -0.05) is 0 Å². The molecule has 0 bridgehead atoms. The van der Waals surface area contributed by atoms with Crippen LogP contribution >= 0.6 is 11.8 Å². The fourth-order valence-corrected chi connectivity index (χ4v) is 1.57. The van der Waals surface area contributed by atoms with E-state index in [0.29, 0.717) is 0 Å². The van der Waals surface area contributed by atoms with Gasteiger partial charge in [-0.05, 0) is 12.2 Å². The Balaban J connectivity index is 0.000000222. The molecule has 0 aromatic heterocycles. The van der Waals surface area contributed by atoms with Crippen molar-refractivity contribution in [1.82, 2.24) is 0 Å². The Morgan fingerprint density at radius 1 is 1.50 bits per heavy atom. The molecule has 1 saturated heterocycles. The van der Waals surface area contributed by atoms with E-state index in [2.05, 4.69) is 0 Å². The molecule has 50 valence electrons. The molecule has 0 saturated carbocycles. The van der Waals surface area contributed by atoms with Crippen LogP contribution < -0.4 is 0 Å². The molecule has 1 aliphatic rings. The van der Waals surface area contributed by atoms with E-state index in [1.807, 2.05) is 11.8 Å². The zero-order valence-electron chi connectivity index (χ0n) is 5.00. The van der Waals surface area contributed by atoms with Crippen molar-refractivity contribution in [3.8, 4) is 0 Å². The summed E-state index contributed by atoms with van der Waals surface area (Å²) in [5, 5.41) is 15.7. The summed E-state index contributed by atoms with van der Waals surface area (Å²) in [5.74, 6) is 2.11. The Morgan fingerprint density at radius 2 is 2.12 bits per heavy atom. The van der Waals surface area contributed by atoms with E-state index in [1.165, 1.54) is 0 Å². The first-order valence-electron chi connectivity index (χ1n) is 2.60. The molecule has 8 heavy (non-hydrogen) atoms. The van der Waals surface area contributed by atoms with Gasteiger partial charge < -0.3 is 10.2 Å². The van der Waals surface area contributed by atoms with Crippen molar-refractivity contribution in [3.05, 3.63) is 0 Å². The van der Waals surface area contributed by atoms with Crippen molar-refractivity contribution in [2.24, 2.45) is 0 Å². The lowest BCUT2D eigenvalue weighted by Crippen LogP contribution is -2.00. The fourth-order valence-electron chi connectivity index (χ4n) is 0.522. The third-order valence-corrected chi connectivity index (χ3v) is 2.05. The third-order valence-electron chi connectivity index (χ3n) is 0.906. The van der Waals surface area contributed by atoms with Crippen LogP contribution in [0.5, 0.6) is 0 Å². The van der Waals surface area contributed by atoms with Crippen molar-refractivity contribution >= 4 is 11.8 Å². The molecule has 0 radical (unpaired) electrons. The molecule has 1 rings (SSSR count). The smallest absolute Gasteiger partial charge is 0.0638 e. The summed E-state index contributed by atoms with van der Waals surface area (Å²) in [4.78, 5) is 0. The summed E-state index contributed by atoms with van der Waals surface area (Å²) in [6.07, 6.45) is 1.01. The highest BCUT2D eigenvalue weighted by Gasteiger charge is 2.09. The van der Waals surface area contributed by atoms with Crippen LogP contribution in [0.3, 0.4) is 0 Å². The zero-order chi connectivity index (χ0) is 6.41. The standard InChI is InChI=1S/C4H8OS.CH4O/c5-4-1-2-6-3-4;1-2/h4-5H,1-3H2;2H,1H3. The molecule has 0 aromatic carbocycles. The van der Waals surface area contributed by atoms with Gasteiger partial charge in [0.2, 0.25) is 0 Å². The van der Waals surface area contributed by atoms with Crippen LogP contribution in [0.25, 0.3) is 0 Å². The van der Waals surface area contributed by atoms with E-state index < -0.39 is 0 Å². The van der Waals surface area contributed by atoms with E-state index >= 15 is 0 Å².